The Hall–Kier alpha value is -1.34. The van der Waals surface area contributed by atoms with E-state index < -0.39 is 12.0 Å². The van der Waals surface area contributed by atoms with Crippen LogP contribution in [0.1, 0.15) is 5.82 Å². The highest BCUT2D eigenvalue weighted by Gasteiger charge is 2.38. The molecule has 0 bridgehead atoms. The molecule has 0 aliphatic carbocycles. The summed E-state index contributed by atoms with van der Waals surface area (Å²) in [5, 5.41) is 8.64. The Balaban J connectivity index is 3.02. The Morgan fingerprint density at radius 1 is 1.45 bits per heavy atom. The van der Waals surface area contributed by atoms with E-state index in [-0.39, 0.29) is 0 Å². The molecule has 11 heavy (non-hydrogen) atoms. The number of rotatable bonds is 1. The summed E-state index contributed by atoms with van der Waals surface area (Å²) in [7, 11) is 1.28. The molecule has 1 aromatic rings. The maximum atomic E-state index is 11.9. The van der Waals surface area contributed by atoms with Crippen molar-refractivity contribution >= 4 is 0 Å². The third-order valence-electron chi connectivity index (χ3n) is 0.935. The molecule has 0 aromatic carbocycles. The van der Waals surface area contributed by atoms with Crippen molar-refractivity contribution in [2.45, 2.75) is 6.18 Å². The number of tetrazole rings is 1. The molecule has 0 amide bonds. The first kappa shape index (κ1) is 7.76. The molecule has 0 radical (unpaired) electrons. The van der Waals surface area contributed by atoms with Crippen molar-refractivity contribution in [2.24, 2.45) is 0 Å². The maximum Gasteiger partial charge on any atom is 0.455 e. The average Bonchev–Trinajstić information content (AvgIpc) is 2.31. The van der Waals surface area contributed by atoms with E-state index in [0.29, 0.717) is 4.79 Å². The predicted molar refractivity (Wildman–Crippen MR) is 28.1 cm³/mol. The van der Waals surface area contributed by atoms with Crippen molar-refractivity contribution in [3.63, 3.8) is 0 Å². The summed E-state index contributed by atoms with van der Waals surface area (Å²) in [6.45, 7) is 0. The number of nitrogens with zero attached hydrogens (tertiary/aromatic N) is 4. The summed E-state index contributed by atoms with van der Waals surface area (Å²) < 4.78 is 35.6. The molecule has 0 atom stereocenters. The van der Waals surface area contributed by atoms with Crippen LogP contribution in [0.3, 0.4) is 0 Å². The molecule has 1 rings (SSSR count). The molecule has 0 saturated carbocycles. The second-order valence-electron chi connectivity index (χ2n) is 1.64. The molecule has 0 aliphatic rings. The quantitative estimate of drug-likeness (QED) is 0.632. The highest BCUT2D eigenvalue weighted by molar-refractivity contribution is 4.88. The SMILES string of the molecule is CNn1nnnc1C(F)(F)F. The zero-order valence-corrected chi connectivity index (χ0v) is 5.42. The van der Waals surface area contributed by atoms with E-state index >= 15 is 0 Å². The van der Waals surface area contributed by atoms with Gasteiger partial charge in [-0.15, -0.1) is 9.89 Å². The lowest BCUT2D eigenvalue weighted by atomic mass is 10.6. The van der Waals surface area contributed by atoms with Gasteiger partial charge >= 0.3 is 6.18 Å². The molecule has 62 valence electrons. The highest BCUT2D eigenvalue weighted by Crippen LogP contribution is 2.25. The summed E-state index contributed by atoms with van der Waals surface area (Å²) in [6.07, 6.45) is -4.52. The Labute approximate surface area is 59.2 Å². The van der Waals surface area contributed by atoms with Crippen LogP contribution >= 0.6 is 0 Å². The van der Waals surface area contributed by atoms with Crippen molar-refractivity contribution < 1.29 is 13.2 Å². The van der Waals surface area contributed by atoms with Gasteiger partial charge in [-0.1, -0.05) is 0 Å². The second kappa shape index (κ2) is 2.36. The molecule has 1 heterocycles. The van der Waals surface area contributed by atoms with Gasteiger partial charge in [0, 0.05) is 7.05 Å². The molecule has 1 aromatic heterocycles. The van der Waals surface area contributed by atoms with E-state index in [1.807, 2.05) is 0 Å². The molecule has 0 fully saturated rings. The van der Waals surface area contributed by atoms with Crippen molar-refractivity contribution in [3.05, 3.63) is 5.82 Å². The molecule has 0 saturated heterocycles. The van der Waals surface area contributed by atoms with Gasteiger partial charge in [0.2, 0.25) is 0 Å². The summed E-state index contributed by atoms with van der Waals surface area (Å²) >= 11 is 0. The zero-order chi connectivity index (χ0) is 8.48. The molecule has 0 unspecified atom stereocenters. The monoisotopic (exact) mass is 167 g/mol. The van der Waals surface area contributed by atoms with Gasteiger partial charge in [-0.05, 0) is 10.4 Å². The first-order valence-electron chi connectivity index (χ1n) is 2.59. The van der Waals surface area contributed by atoms with Crippen LogP contribution in [0, 0.1) is 0 Å². The summed E-state index contributed by atoms with van der Waals surface area (Å²) in [5.74, 6) is -1.17. The fourth-order valence-corrected chi connectivity index (χ4v) is 0.514. The highest BCUT2D eigenvalue weighted by atomic mass is 19.4. The van der Waals surface area contributed by atoms with Crippen molar-refractivity contribution in [3.8, 4) is 0 Å². The minimum Gasteiger partial charge on any atom is -0.310 e. The lowest BCUT2D eigenvalue weighted by Gasteiger charge is -2.04. The normalized spacial score (nSPS) is 11.6. The van der Waals surface area contributed by atoms with E-state index in [1.165, 1.54) is 7.05 Å². The number of halogens is 3. The Kier molecular flexibility index (Phi) is 1.67. The Bertz CT molecular complexity index is 239. The molecular weight excluding hydrogens is 163 g/mol. The third-order valence-corrected chi connectivity index (χ3v) is 0.935. The van der Waals surface area contributed by atoms with Crippen molar-refractivity contribution in [2.75, 3.05) is 12.5 Å². The number of hydrogen-bond donors (Lipinski definition) is 1. The van der Waals surface area contributed by atoms with E-state index in [2.05, 4.69) is 21.0 Å². The predicted octanol–water partition coefficient (Wildman–Crippen LogP) is -0.135. The Morgan fingerprint density at radius 2 is 2.09 bits per heavy atom. The maximum absolute atomic E-state index is 11.9. The summed E-state index contributed by atoms with van der Waals surface area (Å²) in [6, 6.07) is 0. The van der Waals surface area contributed by atoms with Crippen LogP contribution in [0.25, 0.3) is 0 Å². The molecule has 1 N–H and O–H groups in total. The lowest BCUT2D eigenvalue weighted by Crippen LogP contribution is -2.21. The first-order valence-corrected chi connectivity index (χ1v) is 2.59. The standard InChI is InChI=1S/C3H4F3N5/c1-7-11-2(3(4,5)6)8-9-10-11/h7H,1H3. The second-order valence-corrected chi connectivity index (χ2v) is 1.64. The van der Waals surface area contributed by atoms with Crippen molar-refractivity contribution in [1.82, 2.24) is 20.3 Å². The molecule has 0 aliphatic heterocycles. The fraction of sp³-hybridized carbons (Fsp3) is 0.667. The fourth-order valence-electron chi connectivity index (χ4n) is 0.514. The number of alkyl halides is 3. The number of aromatic nitrogens is 4. The van der Waals surface area contributed by atoms with Crippen LogP contribution in [-0.2, 0) is 6.18 Å². The van der Waals surface area contributed by atoms with Crippen LogP contribution in [0.4, 0.5) is 13.2 Å². The third kappa shape index (κ3) is 1.38. The van der Waals surface area contributed by atoms with E-state index in [1.54, 1.807) is 0 Å². The van der Waals surface area contributed by atoms with Gasteiger partial charge in [-0.25, -0.2) is 0 Å². The van der Waals surface area contributed by atoms with E-state index in [9.17, 15) is 13.2 Å². The minimum absolute atomic E-state index is 0.444. The number of nitrogens with one attached hydrogen (secondary N) is 1. The molecular formula is C3H4F3N5. The number of hydrogen-bond acceptors (Lipinski definition) is 4. The largest absolute Gasteiger partial charge is 0.455 e. The first-order chi connectivity index (χ1) is 5.05. The van der Waals surface area contributed by atoms with Gasteiger partial charge in [0.15, 0.2) is 0 Å². The van der Waals surface area contributed by atoms with Crippen LogP contribution in [-0.4, -0.2) is 27.4 Å². The smallest absolute Gasteiger partial charge is 0.310 e. The van der Waals surface area contributed by atoms with Crippen LogP contribution in [0.5, 0.6) is 0 Å². The van der Waals surface area contributed by atoms with Crippen molar-refractivity contribution in [1.29, 1.82) is 0 Å². The van der Waals surface area contributed by atoms with Crippen LogP contribution < -0.4 is 5.43 Å². The van der Waals surface area contributed by atoms with Gasteiger partial charge in [0.1, 0.15) is 0 Å². The topological polar surface area (TPSA) is 55.6 Å². The molecule has 8 heteroatoms. The summed E-state index contributed by atoms with van der Waals surface area (Å²) in [5.41, 5.74) is 2.14. The zero-order valence-electron chi connectivity index (χ0n) is 5.42. The van der Waals surface area contributed by atoms with Crippen LogP contribution in [0.15, 0.2) is 0 Å². The van der Waals surface area contributed by atoms with Gasteiger partial charge in [-0.3, -0.25) is 0 Å². The van der Waals surface area contributed by atoms with Crippen LogP contribution in [0.2, 0.25) is 0 Å². The van der Waals surface area contributed by atoms with Gasteiger partial charge in [0.05, 0.1) is 0 Å². The molecule has 0 spiro atoms. The molecule has 5 nitrogen and oxygen atoms in total. The van der Waals surface area contributed by atoms with E-state index in [4.69, 9.17) is 0 Å². The minimum atomic E-state index is -4.52. The average molecular weight is 167 g/mol. The van der Waals surface area contributed by atoms with Gasteiger partial charge in [0.25, 0.3) is 5.82 Å². The van der Waals surface area contributed by atoms with E-state index in [0.717, 1.165) is 0 Å². The Morgan fingerprint density at radius 3 is 2.45 bits per heavy atom. The summed E-state index contributed by atoms with van der Waals surface area (Å²) in [4.78, 5) is 0.444. The van der Waals surface area contributed by atoms with Gasteiger partial charge < -0.3 is 5.43 Å². The van der Waals surface area contributed by atoms with Gasteiger partial charge in [-0.2, -0.15) is 13.2 Å². The lowest BCUT2D eigenvalue weighted by molar-refractivity contribution is -0.147.